The van der Waals surface area contributed by atoms with Crippen molar-refractivity contribution in [2.75, 3.05) is 37.8 Å². The molecule has 3 N–H and O–H groups in total. The van der Waals surface area contributed by atoms with Crippen molar-refractivity contribution >= 4 is 33.6 Å². The number of carbonyl (C=O) groups is 2. The molecule has 1 aliphatic rings. The molecule has 1 aliphatic heterocycles. The molecule has 1 aromatic carbocycles. The first-order valence-electron chi connectivity index (χ1n) is 8.87. The van der Waals surface area contributed by atoms with Gasteiger partial charge < -0.3 is 10.2 Å². The largest absolute Gasteiger partial charge is 0.371 e. The molecule has 1 heterocycles. The second-order valence-corrected chi connectivity index (χ2v) is 8.81. The number of hydrogen-bond donors (Lipinski definition) is 3. The van der Waals surface area contributed by atoms with Crippen LogP contribution in [0.5, 0.6) is 0 Å². The molecule has 154 valence electrons. The van der Waals surface area contributed by atoms with Gasteiger partial charge in [-0.15, -0.1) is 0 Å². The minimum Gasteiger partial charge on any atom is -0.371 e. The highest BCUT2D eigenvalue weighted by Crippen LogP contribution is 2.25. The third-order valence-corrected chi connectivity index (χ3v) is 5.86. The van der Waals surface area contributed by atoms with Crippen molar-refractivity contribution in [3.63, 3.8) is 0 Å². The highest BCUT2D eigenvalue weighted by atomic mass is 32.2. The van der Waals surface area contributed by atoms with Gasteiger partial charge in [-0.25, -0.2) is 13.9 Å². The molecule has 0 unspecified atom stereocenters. The summed E-state index contributed by atoms with van der Waals surface area (Å²) < 4.78 is 23.8. The molecule has 0 radical (unpaired) electrons. The predicted octanol–water partition coefficient (Wildman–Crippen LogP) is 0.182. The normalized spacial score (nSPS) is 15.8. The van der Waals surface area contributed by atoms with E-state index < -0.39 is 15.9 Å². The van der Waals surface area contributed by atoms with Crippen LogP contribution in [0.2, 0.25) is 0 Å². The fraction of sp³-hybridized carbons (Fsp3) is 0.444. The van der Waals surface area contributed by atoms with Crippen LogP contribution in [-0.2, 0) is 19.6 Å². The summed E-state index contributed by atoms with van der Waals surface area (Å²) in [7, 11) is -2.01. The number of hydrogen-bond acceptors (Lipinski definition) is 6. The Morgan fingerprint density at radius 1 is 1.29 bits per heavy atom. The zero-order chi connectivity index (χ0) is 20.7. The maximum absolute atomic E-state index is 12.1. The fourth-order valence-corrected chi connectivity index (χ4v) is 3.33. The van der Waals surface area contributed by atoms with Crippen LogP contribution in [-0.4, -0.2) is 68.7 Å². The van der Waals surface area contributed by atoms with E-state index in [1.54, 1.807) is 11.6 Å². The first-order valence-corrected chi connectivity index (χ1v) is 10.7. The third-order valence-electron chi connectivity index (χ3n) is 4.59. The van der Waals surface area contributed by atoms with Crippen molar-refractivity contribution in [3.8, 4) is 0 Å². The molecule has 0 aromatic heterocycles. The van der Waals surface area contributed by atoms with Crippen LogP contribution in [0.4, 0.5) is 5.69 Å². The van der Waals surface area contributed by atoms with Crippen molar-refractivity contribution in [2.24, 2.45) is 0 Å². The highest BCUT2D eigenvalue weighted by molar-refractivity contribution is 7.88. The monoisotopic (exact) mass is 410 g/mol. The number of nitrogens with one attached hydrogen (secondary N) is 2. The van der Waals surface area contributed by atoms with E-state index >= 15 is 0 Å². The van der Waals surface area contributed by atoms with Gasteiger partial charge in [0.25, 0.3) is 5.91 Å². The lowest BCUT2D eigenvalue weighted by atomic mass is 10.0. The van der Waals surface area contributed by atoms with Crippen molar-refractivity contribution < 1.29 is 23.2 Å². The van der Waals surface area contributed by atoms with Crippen molar-refractivity contribution in [1.29, 1.82) is 0 Å². The minimum atomic E-state index is -3.39. The van der Waals surface area contributed by atoms with E-state index in [1.807, 2.05) is 24.3 Å². The summed E-state index contributed by atoms with van der Waals surface area (Å²) in [5.74, 6) is -0.917. The van der Waals surface area contributed by atoms with E-state index in [-0.39, 0.29) is 18.5 Å². The van der Waals surface area contributed by atoms with Crippen LogP contribution in [0.1, 0.15) is 18.4 Å². The van der Waals surface area contributed by atoms with E-state index in [4.69, 9.17) is 5.21 Å². The lowest BCUT2D eigenvalue weighted by Crippen LogP contribution is -2.47. The predicted molar refractivity (Wildman–Crippen MR) is 106 cm³/mol. The van der Waals surface area contributed by atoms with Crippen LogP contribution in [0, 0.1) is 0 Å². The number of para-hydroxylation sites is 1. The Kier molecular flexibility index (Phi) is 7.55. The van der Waals surface area contributed by atoms with Gasteiger partial charge in [0.1, 0.15) is 0 Å². The van der Waals surface area contributed by atoms with E-state index in [0.29, 0.717) is 13.1 Å². The number of likely N-dealkylation sites (N-methyl/N-ethyl adjacent to an activating group) is 1. The van der Waals surface area contributed by atoms with Gasteiger partial charge in [0, 0.05) is 37.9 Å². The van der Waals surface area contributed by atoms with Gasteiger partial charge in [-0.2, -0.15) is 4.31 Å². The quantitative estimate of drug-likeness (QED) is 0.335. The average molecular weight is 410 g/mol. The minimum absolute atomic E-state index is 0.0143. The number of anilines is 1. The maximum atomic E-state index is 12.1. The van der Waals surface area contributed by atoms with Gasteiger partial charge in [-0.3, -0.25) is 14.8 Å². The number of carbonyl (C=O) groups excluding carboxylic acids is 2. The van der Waals surface area contributed by atoms with Crippen molar-refractivity contribution in [2.45, 2.75) is 18.9 Å². The Morgan fingerprint density at radius 3 is 2.54 bits per heavy atom. The van der Waals surface area contributed by atoms with Gasteiger partial charge in [0.2, 0.25) is 15.9 Å². The number of sulfonamides is 1. The molecule has 0 bridgehead atoms. The molecule has 0 aliphatic carbocycles. The number of piperidine rings is 1. The molecule has 0 atom stereocenters. The molecule has 0 spiro atoms. The molecule has 9 nitrogen and oxygen atoms in total. The fourth-order valence-electron chi connectivity index (χ4n) is 2.98. The number of hydroxylamine groups is 1. The van der Waals surface area contributed by atoms with Gasteiger partial charge in [-0.1, -0.05) is 18.2 Å². The Balaban J connectivity index is 1.93. The zero-order valence-electron chi connectivity index (χ0n) is 16.0. The Bertz CT molecular complexity index is 832. The average Bonchev–Trinajstić information content (AvgIpc) is 2.66. The number of amides is 2. The third kappa shape index (κ3) is 6.32. The summed E-state index contributed by atoms with van der Waals surface area (Å²) in [5, 5.41) is 11.5. The van der Waals surface area contributed by atoms with E-state index in [0.717, 1.165) is 34.7 Å². The topological polar surface area (TPSA) is 119 Å². The second-order valence-electron chi connectivity index (χ2n) is 6.72. The van der Waals surface area contributed by atoms with Crippen LogP contribution in [0.25, 0.3) is 6.08 Å². The van der Waals surface area contributed by atoms with Crippen LogP contribution in [0.3, 0.4) is 0 Å². The smallest absolute Gasteiger partial charge is 0.267 e. The van der Waals surface area contributed by atoms with Gasteiger partial charge in [-0.05, 0) is 30.5 Å². The second kappa shape index (κ2) is 9.67. The van der Waals surface area contributed by atoms with E-state index in [1.165, 1.54) is 13.1 Å². The van der Waals surface area contributed by atoms with Crippen LogP contribution < -0.4 is 15.7 Å². The Labute approximate surface area is 165 Å². The van der Waals surface area contributed by atoms with E-state index in [2.05, 4.69) is 10.2 Å². The molecule has 2 amide bonds. The SMILES string of the molecule is CN(CC(=O)NC1CCN(c2ccccc2/C=C/C(=O)NO)CC1)S(C)(=O)=O. The molecule has 2 rings (SSSR count). The Morgan fingerprint density at radius 2 is 1.93 bits per heavy atom. The molecule has 1 aromatic rings. The first kappa shape index (κ1) is 21.9. The van der Waals surface area contributed by atoms with Crippen LogP contribution >= 0.6 is 0 Å². The molecule has 10 heteroatoms. The number of benzene rings is 1. The van der Waals surface area contributed by atoms with Crippen molar-refractivity contribution in [3.05, 3.63) is 35.9 Å². The summed E-state index contributed by atoms with van der Waals surface area (Å²) in [5.41, 5.74) is 3.37. The summed E-state index contributed by atoms with van der Waals surface area (Å²) in [6.07, 6.45) is 5.40. The zero-order valence-corrected chi connectivity index (χ0v) is 16.8. The summed E-state index contributed by atoms with van der Waals surface area (Å²) in [6.45, 7) is 1.23. The standard InChI is InChI=1S/C18H26N4O5S/c1-21(28(2,26)27)13-18(24)19-15-9-11-22(12-10-15)16-6-4-3-5-14(16)7-8-17(23)20-25/h3-8,15,25H,9-13H2,1-2H3,(H,19,24)(H,20,23)/b8-7+. The highest BCUT2D eigenvalue weighted by Gasteiger charge is 2.23. The summed E-state index contributed by atoms with van der Waals surface area (Å²) >= 11 is 0. The first-order chi connectivity index (χ1) is 13.2. The van der Waals surface area contributed by atoms with Crippen molar-refractivity contribution in [1.82, 2.24) is 15.1 Å². The molecule has 1 fully saturated rings. The number of nitrogens with zero attached hydrogens (tertiary/aromatic N) is 2. The molecule has 28 heavy (non-hydrogen) atoms. The molecule has 0 saturated carbocycles. The molecular weight excluding hydrogens is 384 g/mol. The Hall–Kier alpha value is -2.43. The van der Waals surface area contributed by atoms with Crippen LogP contribution in [0.15, 0.2) is 30.3 Å². The maximum Gasteiger partial charge on any atom is 0.267 e. The number of rotatable bonds is 7. The molecular formula is C18H26N4O5S. The van der Waals surface area contributed by atoms with Gasteiger partial charge in [0.15, 0.2) is 0 Å². The van der Waals surface area contributed by atoms with E-state index in [9.17, 15) is 18.0 Å². The summed E-state index contributed by atoms with van der Waals surface area (Å²) in [6, 6.07) is 7.60. The lowest BCUT2D eigenvalue weighted by molar-refractivity contribution is -0.124. The lowest BCUT2D eigenvalue weighted by Gasteiger charge is -2.35. The van der Waals surface area contributed by atoms with Gasteiger partial charge >= 0.3 is 0 Å². The molecule has 1 saturated heterocycles. The van der Waals surface area contributed by atoms with Gasteiger partial charge in [0.05, 0.1) is 12.8 Å². The summed E-state index contributed by atoms with van der Waals surface area (Å²) in [4.78, 5) is 25.4.